The molecule has 2 atom stereocenters. The van der Waals surface area contributed by atoms with Crippen molar-refractivity contribution in [1.82, 2.24) is 5.32 Å². The van der Waals surface area contributed by atoms with E-state index in [2.05, 4.69) is 10.1 Å². The number of amides is 1. The quantitative estimate of drug-likeness (QED) is 0.869. The summed E-state index contributed by atoms with van der Waals surface area (Å²) in [7, 11) is 0. The van der Waals surface area contributed by atoms with E-state index in [1.165, 1.54) is 12.1 Å². The minimum Gasteiger partial charge on any atom is -0.481 e. The van der Waals surface area contributed by atoms with Crippen molar-refractivity contribution in [3.05, 3.63) is 29.8 Å². The summed E-state index contributed by atoms with van der Waals surface area (Å²) >= 11 is 0. The molecular formula is C15H16F3NO4. The zero-order valence-electron chi connectivity index (χ0n) is 12.1. The maximum atomic E-state index is 12.0. The standard InChI is InChI=1S/C15H16F3NO4/c16-15(17,18)23-12-5-1-9(2-6-12)7-13(20)19-11-4-3-10(8-11)14(21)22/h1-2,5-6,10-11H,3-4,7-8H2,(H,19,20)(H,21,22)/t10-,11+/m1/s1. The molecule has 0 heterocycles. The number of carbonyl (C=O) groups excluding carboxylic acids is 1. The molecule has 23 heavy (non-hydrogen) atoms. The van der Waals surface area contributed by atoms with Crippen LogP contribution >= 0.6 is 0 Å². The molecular weight excluding hydrogens is 315 g/mol. The number of nitrogens with one attached hydrogen (secondary N) is 1. The third-order valence-corrected chi connectivity index (χ3v) is 3.67. The number of benzene rings is 1. The first-order chi connectivity index (χ1) is 10.7. The predicted octanol–water partition coefficient (Wildman–Crippen LogP) is 2.50. The number of hydrogen-bond donors (Lipinski definition) is 2. The monoisotopic (exact) mass is 331 g/mol. The number of ether oxygens (including phenoxy) is 1. The average Bonchev–Trinajstić information content (AvgIpc) is 2.88. The molecule has 1 saturated carbocycles. The number of halogens is 3. The third-order valence-electron chi connectivity index (χ3n) is 3.67. The Hall–Kier alpha value is -2.25. The van der Waals surface area contributed by atoms with Crippen molar-refractivity contribution in [2.45, 2.75) is 38.1 Å². The summed E-state index contributed by atoms with van der Waals surface area (Å²) in [5, 5.41) is 11.7. The van der Waals surface area contributed by atoms with Gasteiger partial charge in [0, 0.05) is 6.04 Å². The van der Waals surface area contributed by atoms with E-state index in [0.717, 1.165) is 12.1 Å². The second-order valence-corrected chi connectivity index (χ2v) is 5.48. The van der Waals surface area contributed by atoms with E-state index in [1.807, 2.05) is 0 Å². The van der Waals surface area contributed by atoms with Crippen molar-refractivity contribution in [2.24, 2.45) is 5.92 Å². The highest BCUT2D eigenvalue weighted by molar-refractivity contribution is 5.79. The zero-order chi connectivity index (χ0) is 17.0. The van der Waals surface area contributed by atoms with Crippen LogP contribution < -0.4 is 10.1 Å². The first kappa shape index (κ1) is 17.1. The van der Waals surface area contributed by atoms with Gasteiger partial charge in [-0.25, -0.2) is 0 Å². The van der Waals surface area contributed by atoms with E-state index < -0.39 is 18.2 Å². The van der Waals surface area contributed by atoms with E-state index in [1.54, 1.807) is 0 Å². The lowest BCUT2D eigenvalue weighted by atomic mass is 10.1. The molecule has 2 N–H and O–H groups in total. The molecule has 2 rings (SSSR count). The lowest BCUT2D eigenvalue weighted by Gasteiger charge is -2.13. The Morgan fingerprint density at radius 3 is 2.39 bits per heavy atom. The van der Waals surface area contributed by atoms with Gasteiger partial charge < -0.3 is 15.2 Å². The van der Waals surface area contributed by atoms with Gasteiger partial charge in [-0.05, 0) is 37.0 Å². The number of aliphatic carboxylic acids is 1. The normalized spacial score (nSPS) is 21.0. The van der Waals surface area contributed by atoms with Crippen LogP contribution in [0.15, 0.2) is 24.3 Å². The third kappa shape index (κ3) is 5.46. The van der Waals surface area contributed by atoms with Crippen LogP contribution in [0.25, 0.3) is 0 Å². The number of carboxylic acid groups (broad SMARTS) is 1. The van der Waals surface area contributed by atoms with Crippen molar-refractivity contribution in [1.29, 1.82) is 0 Å². The van der Waals surface area contributed by atoms with Crippen LogP contribution in [0.1, 0.15) is 24.8 Å². The van der Waals surface area contributed by atoms with Crippen LogP contribution in [0.2, 0.25) is 0 Å². The molecule has 0 saturated heterocycles. The van der Waals surface area contributed by atoms with Gasteiger partial charge in [-0.1, -0.05) is 12.1 Å². The van der Waals surface area contributed by atoms with E-state index in [-0.39, 0.29) is 24.1 Å². The molecule has 0 radical (unpaired) electrons. The molecule has 8 heteroatoms. The van der Waals surface area contributed by atoms with E-state index in [0.29, 0.717) is 24.8 Å². The van der Waals surface area contributed by atoms with Gasteiger partial charge in [0.15, 0.2) is 0 Å². The number of hydrogen-bond acceptors (Lipinski definition) is 3. The topological polar surface area (TPSA) is 75.6 Å². The molecule has 1 fully saturated rings. The van der Waals surface area contributed by atoms with E-state index in [4.69, 9.17) is 5.11 Å². The van der Waals surface area contributed by atoms with Gasteiger partial charge in [0.2, 0.25) is 5.91 Å². The van der Waals surface area contributed by atoms with Crippen LogP contribution in [0.3, 0.4) is 0 Å². The molecule has 0 bridgehead atoms. The summed E-state index contributed by atoms with van der Waals surface area (Å²) in [5.74, 6) is -1.92. The van der Waals surface area contributed by atoms with Crippen LogP contribution in [0, 0.1) is 5.92 Å². The molecule has 1 aliphatic rings. The molecule has 1 aliphatic carbocycles. The fourth-order valence-electron chi connectivity index (χ4n) is 2.61. The minimum absolute atomic E-state index is 0.0144. The average molecular weight is 331 g/mol. The highest BCUT2D eigenvalue weighted by Gasteiger charge is 2.31. The van der Waals surface area contributed by atoms with Crippen LogP contribution in [-0.2, 0) is 16.0 Å². The van der Waals surface area contributed by atoms with E-state index >= 15 is 0 Å². The minimum atomic E-state index is -4.75. The zero-order valence-corrected chi connectivity index (χ0v) is 12.1. The van der Waals surface area contributed by atoms with Gasteiger partial charge in [-0.15, -0.1) is 13.2 Å². The van der Waals surface area contributed by atoms with Crippen LogP contribution in [0.5, 0.6) is 5.75 Å². The van der Waals surface area contributed by atoms with Crippen molar-refractivity contribution in [2.75, 3.05) is 0 Å². The summed E-state index contributed by atoms with van der Waals surface area (Å²) < 4.78 is 39.9. The predicted molar refractivity (Wildman–Crippen MR) is 73.7 cm³/mol. The van der Waals surface area contributed by atoms with Gasteiger partial charge in [0.25, 0.3) is 0 Å². The lowest BCUT2D eigenvalue weighted by Crippen LogP contribution is -2.34. The Morgan fingerprint density at radius 1 is 1.22 bits per heavy atom. The number of rotatable bonds is 5. The molecule has 126 valence electrons. The van der Waals surface area contributed by atoms with Gasteiger partial charge in [0.1, 0.15) is 5.75 Å². The van der Waals surface area contributed by atoms with Gasteiger partial charge in [-0.3, -0.25) is 9.59 Å². The molecule has 1 amide bonds. The molecule has 1 aromatic rings. The van der Waals surface area contributed by atoms with Crippen molar-refractivity contribution in [3.8, 4) is 5.75 Å². The largest absolute Gasteiger partial charge is 0.573 e. The Kier molecular flexibility index (Phi) is 5.12. The fraction of sp³-hybridized carbons (Fsp3) is 0.467. The fourth-order valence-corrected chi connectivity index (χ4v) is 2.61. The Balaban J connectivity index is 1.83. The molecule has 0 aromatic heterocycles. The van der Waals surface area contributed by atoms with Crippen molar-refractivity contribution >= 4 is 11.9 Å². The van der Waals surface area contributed by atoms with E-state index in [9.17, 15) is 22.8 Å². The van der Waals surface area contributed by atoms with Gasteiger partial charge >= 0.3 is 12.3 Å². The lowest BCUT2D eigenvalue weighted by molar-refractivity contribution is -0.274. The van der Waals surface area contributed by atoms with Gasteiger partial charge in [0.05, 0.1) is 12.3 Å². The number of alkyl halides is 3. The number of carbonyl (C=O) groups is 2. The van der Waals surface area contributed by atoms with Crippen molar-refractivity contribution < 1.29 is 32.6 Å². The molecule has 0 unspecified atom stereocenters. The highest BCUT2D eigenvalue weighted by atomic mass is 19.4. The Labute approximate surface area is 130 Å². The van der Waals surface area contributed by atoms with Crippen LogP contribution in [-0.4, -0.2) is 29.4 Å². The van der Waals surface area contributed by atoms with Crippen LogP contribution in [0.4, 0.5) is 13.2 Å². The molecule has 0 aliphatic heterocycles. The molecule has 0 spiro atoms. The second kappa shape index (κ2) is 6.89. The summed E-state index contributed by atoms with van der Waals surface area (Å²) in [4.78, 5) is 22.7. The molecule has 1 aromatic carbocycles. The summed E-state index contributed by atoms with van der Waals surface area (Å²) in [5.41, 5.74) is 0.546. The van der Waals surface area contributed by atoms with Gasteiger partial charge in [-0.2, -0.15) is 0 Å². The van der Waals surface area contributed by atoms with Crippen molar-refractivity contribution in [3.63, 3.8) is 0 Å². The number of carboxylic acids is 1. The first-order valence-corrected chi connectivity index (χ1v) is 7.10. The summed E-state index contributed by atoms with van der Waals surface area (Å²) in [6.45, 7) is 0. The smallest absolute Gasteiger partial charge is 0.481 e. The second-order valence-electron chi connectivity index (χ2n) is 5.48. The SMILES string of the molecule is O=C(Cc1ccc(OC(F)(F)F)cc1)N[C@H]1CC[C@@H](C(=O)O)C1. The highest BCUT2D eigenvalue weighted by Crippen LogP contribution is 2.26. The Morgan fingerprint density at radius 2 is 1.87 bits per heavy atom. The maximum Gasteiger partial charge on any atom is 0.573 e. The summed E-state index contributed by atoms with van der Waals surface area (Å²) in [6, 6.07) is 4.89. The summed E-state index contributed by atoms with van der Waals surface area (Å²) in [6.07, 6.45) is -3.19. The maximum absolute atomic E-state index is 12.0. The Bertz CT molecular complexity index is 571. The molecule has 5 nitrogen and oxygen atoms in total. The first-order valence-electron chi connectivity index (χ1n) is 7.10.